The smallest absolute Gasteiger partial charge is 0.259 e. The Morgan fingerprint density at radius 1 is 1.06 bits per heavy atom. The number of pyridine rings is 1. The maximum Gasteiger partial charge on any atom is 0.259 e. The molecule has 4 aromatic rings. The number of methoxy groups -OCH3 is 1. The number of nitrogens with zero attached hydrogens (tertiary/aromatic N) is 3. The van der Waals surface area contributed by atoms with E-state index >= 15 is 0 Å². The summed E-state index contributed by atoms with van der Waals surface area (Å²) in [5, 5.41) is 4.70. The molecular weight excluding hydrogens is 418 g/mol. The first kappa shape index (κ1) is 22.3. The average molecular weight is 446 g/mol. The van der Waals surface area contributed by atoms with E-state index < -0.39 is 0 Å². The van der Waals surface area contributed by atoms with Crippen molar-refractivity contribution in [2.75, 3.05) is 20.3 Å². The Bertz CT molecular complexity index is 1270. The fourth-order valence-corrected chi connectivity index (χ4v) is 3.82. The highest BCUT2D eigenvalue weighted by Crippen LogP contribution is 2.30. The standard InChI is InChI=1S/C26H27N3O4/c1-5-29(16-18-12-13-22(32-6-2)23(14-18)31-4)26(30)20-15-21(19-10-8-7-9-11-19)27-25-24(20)17(3)28-33-25/h7-15H,5-6,16H2,1-4H3. The van der Waals surface area contributed by atoms with Crippen LogP contribution in [0.25, 0.3) is 22.4 Å². The lowest BCUT2D eigenvalue weighted by atomic mass is 10.0. The van der Waals surface area contributed by atoms with Gasteiger partial charge in [-0.05, 0) is 44.5 Å². The number of ether oxygens (including phenoxy) is 2. The van der Waals surface area contributed by atoms with Crippen molar-refractivity contribution in [1.82, 2.24) is 15.0 Å². The Hall–Kier alpha value is -3.87. The predicted octanol–water partition coefficient (Wildman–Crippen LogP) is 5.27. The second kappa shape index (κ2) is 9.73. The maximum absolute atomic E-state index is 13.7. The highest BCUT2D eigenvalue weighted by Gasteiger charge is 2.23. The predicted molar refractivity (Wildman–Crippen MR) is 127 cm³/mol. The molecule has 0 aliphatic heterocycles. The summed E-state index contributed by atoms with van der Waals surface area (Å²) in [6.07, 6.45) is 0. The van der Waals surface area contributed by atoms with Crippen LogP contribution in [-0.2, 0) is 6.54 Å². The van der Waals surface area contributed by atoms with Crippen LogP contribution in [0.4, 0.5) is 0 Å². The second-order valence-electron chi connectivity index (χ2n) is 7.61. The van der Waals surface area contributed by atoms with Gasteiger partial charge in [0.15, 0.2) is 11.5 Å². The van der Waals surface area contributed by atoms with Crippen molar-refractivity contribution in [3.63, 3.8) is 0 Å². The van der Waals surface area contributed by atoms with Crippen LogP contribution in [0.15, 0.2) is 59.1 Å². The molecule has 170 valence electrons. The quantitative estimate of drug-likeness (QED) is 0.368. The largest absolute Gasteiger partial charge is 0.493 e. The van der Waals surface area contributed by atoms with Gasteiger partial charge in [0.05, 0.1) is 36.1 Å². The molecule has 7 heteroatoms. The topological polar surface area (TPSA) is 77.7 Å². The van der Waals surface area contributed by atoms with Crippen molar-refractivity contribution in [3.05, 3.63) is 71.4 Å². The van der Waals surface area contributed by atoms with Gasteiger partial charge >= 0.3 is 0 Å². The number of carbonyl (C=O) groups excluding carboxylic acids is 1. The van der Waals surface area contributed by atoms with E-state index in [9.17, 15) is 4.79 Å². The van der Waals surface area contributed by atoms with Crippen LogP contribution in [0.2, 0.25) is 0 Å². The number of hydrogen-bond acceptors (Lipinski definition) is 6. The van der Waals surface area contributed by atoms with Crippen molar-refractivity contribution in [1.29, 1.82) is 0 Å². The third kappa shape index (κ3) is 4.53. The molecular formula is C26H27N3O4. The van der Waals surface area contributed by atoms with E-state index in [1.807, 2.05) is 75.4 Å². The molecule has 1 amide bonds. The Balaban J connectivity index is 1.71. The number of aryl methyl sites for hydroxylation is 1. The van der Waals surface area contributed by atoms with E-state index in [0.29, 0.717) is 59.2 Å². The minimum atomic E-state index is -0.110. The molecule has 0 aliphatic rings. The van der Waals surface area contributed by atoms with Gasteiger partial charge in [-0.3, -0.25) is 4.79 Å². The van der Waals surface area contributed by atoms with Crippen LogP contribution in [0, 0.1) is 6.92 Å². The lowest BCUT2D eigenvalue weighted by molar-refractivity contribution is 0.0754. The molecule has 0 saturated carbocycles. The van der Waals surface area contributed by atoms with Gasteiger partial charge in [-0.2, -0.15) is 0 Å². The van der Waals surface area contributed by atoms with Gasteiger partial charge in [-0.1, -0.05) is 41.6 Å². The van der Waals surface area contributed by atoms with Crippen molar-refractivity contribution in [3.8, 4) is 22.8 Å². The summed E-state index contributed by atoms with van der Waals surface area (Å²) >= 11 is 0. The molecule has 0 unspecified atom stereocenters. The molecule has 33 heavy (non-hydrogen) atoms. The molecule has 4 rings (SSSR count). The summed E-state index contributed by atoms with van der Waals surface area (Å²) in [6.45, 7) is 7.21. The van der Waals surface area contributed by atoms with E-state index in [2.05, 4.69) is 10.1 Å². The number of carbonyl (C=O) groups is 1. The first-order valence-corrected chi connectivity index (χ1v) is 11.0. The zero-order valence-electron chi connectivity index (χ0n) is 19.3. The zero-order valence-corrected chi connectivity index (χ0v) is 19.3. The molecule has 0 bridgehead atoms. The molecule has 0 fully saturated rings. The van der Waals surface area contributed by atoms with Gasteiger partial charge in [0.25, 0.3) is 11.6 Å². The molecule has 0 saturated heterocycles. The zero-order chi connectivity index (χ0) is 23.4. The van der Waals surface area contributed by atoms with Crippen LogP contribution >= 0.6 is 0 Å². The number of hydrogen-bond donors (Lipinski definition) is 0. The lowest BCUT2D eigenvalue weighted by Crippen LogP contribution is -2.30. The van der Waals surface area contributed by atoms with Crippen molar-refractivity contribution in [2.45, 2.75) is 27.3 Å². The summed E-state index contributed by atoms with van der Waals surface area (Å²) in [7, 11) is 1.61. The van der Waals surface area contributed by atoms with Gasteiger partial charge < -0.3 is 18.9 Å². The van der Waals surface area contributed by atoms with Crippen LogP contribution in [0.3, 0.4) is 0 Å². The summed E-state index contributed by atoms with van der Waals surface area (Å²) in [5.41, 5.74) is 4.04. The third-order valence-corrected chi connectivity index (χ3v) is 5.49. The Labute approximate surface area is 192 Å². The van der Waals surface area contributed by atoms with Gasteiger partial charge in [-0.15, -0.1) is 0 Å². The van der Waals surface area contributed by atoms with E-state index in [1.54, 1.807) is 12.0 Å². The normalized spacial score (nSPS) is 10.9. The van der Waals surface area contributed by atoms with E-state index in [-0.39, 0.29) is 5.91 Å². The van der Waals surface area contributed by atoms with Crippen LogP contribution in [-0.4, -0.2) is 41.2 Å². The molecule has 2 heterocycles. The number of benzene rings is 2. The van der Waals surface area contributed by atoms with Crippen LogP contribution in [0.1, 0.15) is 35.5 Å². The summed E-state index contributed by atoms with van der Waals surface area (Å²) in [6, 6.07) is 17.3. The van der Waals surface area contributed by atoms with Gasteiger partial charge in [0.1, 0.15) is 0 Å². The van der Waals surface area contributed by atoms with Crippen molar-refractivity contribution >= 4 is 17.0 Å². The van der Waals surface area contributed by atoms with Gasteiger partial charge in [0, 0.05) is 18.7 Å². The fraction of sp³-hybridized carbons (Fsp3) is 0.269. The molecule has 2 aromatic carbocycles. The van der Waals surface area contributed by atoms with Crippen LogP contribution in [0.5, 0.6) is 11.5 Å². The maximum atomic E-state index is 13.7. The van der Waals surface area contributed by atoms with Crippen molar-refractivity contribution < 1.29 is 18.8 Å². The first-order chi connectivity index (χ1) is 16.0. The molecule has 2 aromatic heterocycles. The Morgan fingerprint density at radius 3 is 2.55 bits per heavy atom. The average Bonchev–Trinajstić information content (AvgIpc) is 3.23. The minimum absolute atomic E-state index is 0.110. The van der Waals surface area contributed by atoms with Crippen molar-refractivity contribution in [2.24, 2.45) is 0 Å². The Morgan fingerprint density at radius 2 is 1.85 bits per heavy atom. The third-order valence-electron chi connectivity index (χ3n) is 5.49. The number of amides is 1. The highest BCUT2D eigenvalue weighted by atomic mass is 16.5. The number of rotatable bonds is 8. The van der Waals surface area contributed by atoms with E-state index in [4.69, 9.17) is 14.0 Å². The summed E-state index contributed by atoms with van der Waals surface area (Å²) < 4.78 is 16.5. The van der Waals surface area contributed by atoms with E-state index in [0.717, 1.165) is 11.1 Å². The number of aromatic nitrogens is 2. The molecule has 7 nitrogen and oxygen atoms in total. The molecule has 0 radical (unpaired) electrons. The Kier molecular flexibility index (Phi) is 6.58. The highest BCUT2D eigenvalue weighted by molar-refractivity contribution is 6.07. The van der Waals surface area contributed by atoms with Gasteiger partial charge in [0.2, 0.25) is 0 Å². The molecule has 0 N–H and O–H groups in total. The monoisotopic (exact) mass is 445 g/mol. The lowest BCUT2D eigenvalue weighted by Gasteiger charge is -2.22. The molecule has 0 aliphatic carbocycles. The van der Waals surface area contributed by atoms with Gasteiger partial charge in [-0.25, -0.2) is 4.98 Å². The van der Waals surface area contributed by atoms with Crippen LogP contribution < -0.4 is 9.47 Å². The number of fused-ring (bicyclic) bond motifs is 1. The molecule has 0 atom stereocenters. The first-order valence-electron chi connectivity index (χ1n) is 11.0. The fourth-order valence-electron chi connectivity index (χ4n) is 3.82. The summed E-state index contributed by atoms with van der Waals surface area (Å²) in [4.78, 5) is 20.1. The minimum Gasteiger partial charge on any atom is -0.493 e. The second-order valence-corrected chi connectivity index (χ2v) is 7.61. The SMILES string of the molecule is CCOc1ccc(CN(CC)C(=O)c2cc(-c3ccccc3)nc3onc(C)c23)cc1OC. The molecule has 0 spiro atoms. The van der Waals surface area contributed by atoms with E-state index in [1.165, 1.54) is 0 Å². The summed E-state index contributed by atoms with van der Waals surface area (Å²) in [5.74, 6) is 1.22.